The van der Waals surface area contributed by atoms with E-state index >= 15 is 0 Å². The highest BCUT2D eigenvalue weighted by molar-refractivity contribution is 5.31. The van der Waals surface area contributed by atoms with Gasteiger partial charge in [0.1, 0.15) is 11.6 Å². The van der Waals surface area contributed by atoms with Gasteiger partial charge in [0.2, 0.25) is 0 Å². The average Bonchev–Trinajstić information content (AvgIpc) is 3.23. The fraction of sp³-hybridized carbons (Fsp3) is 0.647. The van der Waals surface area contributed by atoms with Gasteiger partial charge in [0.05, 0.1) is 5.56 Å². The summed E-state index contributed by atoms with van der Waals surface area (Å²) in [6, 6.07) is 0.791. The van der Waals surface area contributed by atoms with Gasteiger partial charge in [-0.15, -0.1) is 0 Å². The summed E-state index contributed by atoms with van der Waals surface area (Å²) < 4.78 is 66.1. The Morgan fingerprint density at radius 2 is 1.92 bits per heavy atom. The van der Waals surface area contributed by atoms with Crippen molar-refractivity contribution in [2.45, 2.75) is 44.4 Å². The number of hydrogen-bond acceptors (Lipinski definition) is 2. The molecule has 0 radical (unpaired) electrons. The maximum atomic E-state index is 14.2. The van der Waals surface area contributed by atoms with Crippen LogP contribution in [0.25, 0.3) is 0 Å². The molecule has 1 aliphatic carbocycles. The molecule has 2 N–H and O–H groups in total. The molecular weight excluding hydrogens is 327 g/mol. The third kappa shape index (κ3) is 3.88. The number of hydrogen-bond donors (Lipinski definition) is 2. The normalized spacial score (nSPS) is 25.9. The number of benzene rings is 1. The van der Waals surface area contributed by atoms with Gasteiger partial charge in [0.25, 0.3) is 0 Å². The van der Waals surface area contributed by atoms with Crippen LogP contribution >= 0.6 is 0 Å². The molecule has 7 heteroatoms. The predicted molar refractivity (Wildman–Crippen MR) is 80.4 cm³/mol. The molecule has 0 spiro atoms. The first-order chi connectivity index (χ1) is 11.3. The molecule has 1 aromatic rings. The summed E-state index contributed by atoms with van der Waals surface area (Å²) in [6.45, 7) is 3.65. The maximum absolute atomic E-state index is 14.2. The fourth-order valence-electron chi connectivity index (χ4n) is 3.42. The minimum atomic E-state index is -4.89. The van der Waals surface area contributed by atoms with Crippen LogP contribution < -0.4 is 10.6 Å². The summed E-state index contributed by atoms with van der Waals surface area (Å²) in [5.41, 5.74) is -1.56. The summed E-state index contributed by atoms with van der Waals surface area (Å²) in [4.78, 5) is 0. The molecule has 1 saturated carbocycles. The molecule has 1 aliphatic heterocycles. The molecule has 3 rings (SSSR count). The minimum absolute atomic E-state index is 0.00551. The lowest BCUT2D eigenvalue weighted by atomic mass is 9.98. The van der Waals surface area contributed by atoms with Crippen LogP contribution in [0.15, 0.2) is 12.1 Å². The maximum Gasteiger partial charge on any atom is 0.419 e. The molecular formula is C17H21F5N2. The van der Waals surface area contributed by atoms with Gasteiger partial charge in [0.15, 0.2) is 0 Å². The van der Waals surface area contributed by atoms with E-state index in [9.17, 15) is 22.0 Å². The van der Waals surface area contributed by atoms with E-state index in [1.54, 1.807) is 0 Å². The lowest BCUT2D eigenvalue weighted by molar-refractivity contribution is -0.140. The molecule has 1 unspecified atom stereocenters. The summed E-state index contributed by atoms with van der Waals surface area (Å²) in [6.07, 6.45) is -2.16. The van der Waals surface area contributed by atoms with Crippen LogP contribution in [-0.2, 0) is 6.18 Å². The van der Waals surface area contributed by atoms with E-state index in [2.05, 4.69) is 17.6 Å². The molecule has 2 nitrogen and oxygen atoms in total. The van der Waals surface area contributed by atoms with E-state index in [0.29, 0.717) is 18.5 Å². The van der Waals surface area contributed by atoms with Gasteiger partial charge < -0.3 is 10.6 Å². The number of rotatable bonds is 5. The Morgan fingerprint density at radius 1 is 1.21 bits per heavy atom. The van der Waals surface area contributed by atoms with E-state index in [0.717, 1.165) is 25.8 Å². The SMILES string of the molecule is C[C@H]1CNC(CN[C@@H](c2cc(F)c(C(F)(F)F)cc2F)C2CC2)C1. The number of halogens is 5. The minimum Gasteiger partial charge on any atom is -0.312 e. The van der Waals surface area contributed by atoms with Crippen LogP contribution in [0.4, 0.5) is 22.0 Å². The van der Waals surface area contributed by atoms with Crippen molar-refractivity contribution in [2.75, 3.05) is 13.1 Å². The standard InChI is InChI=1S/C17H21F5N2/c1-9-4-11(23-7-9)8-24-16(10-2-3-10)12-5-15(19)13(6-14(12)18)17(20,21)22/h5-6,9-11,16,23-24H,2-4,7-8H2,1H3/t9-,11?,16-/m1/s1. The van der Waals surface area contributed by atoms with Crippen molar-refractivity contribution in [2.24, 2.45) is 11.8 Å². The first kappa shape index (κ1) is 17.6. The highest BCUT2D eigenvalue weighted by Gasteiger charge is 2.38. The molecule has 1 heterocycles. The summed E-state index contributed by atoms with van der Waals surface area (Å²) in [7, 11) is 0. The number of alkyl halides is 3. The van der Waals surface area contributed by atoms with Gasteiger partial charge in [-0.25, -0.2) is 8.78 Å². The molecule has 2 fully saturated rings. The monoisotopic (exact) mass is 348 g/mol. The van der Waals surface area contributed by atoms with E-state index in [-0.39, 0.29) is 23.6 Å². The fourth-order valence-corrected chi connectivity index (χ4v) is 3.42. The lowest BCUT2D eigenvalue weighted by Crippen LogP contribution is -2.37. The third-order valence-electron chi connectivity index (χ3n) is 4.85. The predicted octanol–water partition coefficient (Wildman–Crippen LogP) is 4.02. The van der Waals surface area contributed by atoms with Crippen molar-refractivity contribution in [3.05, 3.63) is 34.9 Å². The Hall–Kier alpha value is -1.21. The van der Waals surface area contributed by atoms with Gasteiger partial charge >= 0.3 is 6.18 Å². The van der Waals surface area contributed by atoms with Crippen molar-refractivity contribution >= 4 is 0 Å². The summed E-state index contributed by atoms with van der Waals surface area (Å²) in [5.74, 6) is -1.70. The number of nitrogens with one attached hydrogen (secondary N) is 2. The van der Waals surface area contributed by atoms with E-state index in [1.165, 1.54) is 0 Å². The van der Waals surface area contributed by atoms with Gasteiger partial charge in [0, 0.05) is 24.2 Å². The van der Waals surface area contributed by atoms with Gasteiger partial charge in [-0.1, -0.05) is 6.92 Å². The zero-order valence-electron chi connectivity index (χ0n) is 13.4. The Kier molecular flexibility index (Phi) is 4.84. The second-order valence-corrected chi connectivity index (χ2v) is 7.02. The van der Waals surface area contributed by atoms with Crippen molar-refractivity contribution in [3.8, 4) is 0 Å². The second kappa shape index (κ2) is 6.59. The lowest BCUT2D eigenvalue weighted by Gasteiger charge is -2.23. The van der Waals surface area contributed by atoms with Gasteiger partial charge in [-0.2, -0.15) is 13.2 Å². The zero-order chi connectivity index (χ0) is 17.5. The first-order valence-electron chi connectivity index (χ1n) is 8.28. The second-order valence-electron chi connectivity index (χ2n) is 7.02. The quantitative estimate of drug-likeness (QED) is 0.786. The molecule has 1 aromatic carbocycles. The third-order valence-corrected chi connectivity index (χ3v) is 4.85. The molecule has 0 aromatic heterocycles. The molecule has 134 valence electrons. The molecule has 2 aliphatic rings. The first-order valence-corrected chi connectivity index (χ1v) is 8.28. The Balaban J connectivity index is 1.77. The van der Waals surface area contributed by atoms with Crippen molar-refractivity contribution in [1.29, 1.82) is 0 Å². The Bertz CT molecular complexity index is 597. The topological polar surface area (TPSA) is 24.1 Å². The average molecular weight is 348 g/mol. The van der Waals surface area contributed by atoms with Crippen LogP contribution in [0, 0.1) is 23.5 Å². The molecule has 24 heavy (non-hydrogen) atoms. The highest BCUT2D eigenvalue weighted by atomic mass is 19.4. The molecule has 0 amide bonds. The van der Waals surface area contributed by atoms with Crippen molar-refractivity contribution in [1.82, 2.24) is 10.6 Å². The highest BCUT2D eigenvalue weighted by Crippen LogP contribution is 2.43. The van der Waals surface area contributed by atoms with Crippen LogP contribution in [-0.4, -0.2) is 19.1 Å². The molecule has 3 atom stereocenters. The van der Waals surface area contributed by atoms with Gasteiger partial charge in [-0.05, 0) is 49.8 Å². The van der Waals surface area contributed by atoms with Crippen molar-refractivity contribution < 1.29 is 22.0 Å². The zero-order valence-corrected chi connectivity index (χ0v) is 13.4. The van der Waals surface area contributed by atoms with Crippen LogP contribution in [0.3, 0.4) is 0 Å². The smallest absolute Gasteiger partial charge is 0.312 e. The van der Waals surface area contributed by atoms with Crippen molar-refractivity contribution in [3.63, 3.8) is 0 Å². The Labute approximate surface area is 137 Å². The van der Waals surface area contributed by atoms with Gasteiger partial charge in [-0.3, -0.25) is 0 Å². The Morgan fingerprint density at radius 3 is 2.46 bits per heavy atom. The molecule has 1 saturated heterocycles. The van der Waals surface area contributed by atoms with Crippen LogP contribution in [0.1, 0.15) is 43.4 Å². The summed E-state index contributed by atoms with van der Waals surface area (Å²) >= 11 is 0. The van der Waals surface area contributed by atoms with Crippen LogP contribution in [0.5, 0.6) is 0 Å². The van der Waals surface area contributed by atoms with E-state index in [4.69, 9.17) is 0 Å². The van der Waals surface area contributed by atoms with Crippen LogP contribution in [0.2, 0.25) is 0 Å². The molecule has 0 bridgehead atoms. The van der Waals surface area contributed by atoms with E-state index < -0.39 is 29.4 Å². The van der Waals surface area contributed by atoms with E-state index in [1.807, 2.05) is 0 Å². The summed E-state index contributed by atoms with van der Waals surface area (Å²) in [5, 5.41) is 6.58. The largest absolute Gasteiger partial charge is 0.419 e.